The van der Waals surface area contributed by atoms with Crippen LogP contribution in [0.3, 0.4) is 0 Å². The molecule has 0 unspecified atom stereocenters. The van der Waals surface area contributed by atoms with E-state index in [4.69, 9.17) is 4.74 Å². The van der Waals surface area contributed by atoms with Crippen LogP contribution in [-0.2, 0) is 17.9 Å². The fourth-order valence-corrected chi connectivity index (χ4v) is 5.20. The lowest BCUT2D eigenvalue weighted by Gasteiger charge is -2.32. The van der Waals surface area contributed by atoms with Crippen LogP contribution in [0.25, 0.3) is 10.9 Å². The smallest absolute Gasteiger partial charge is 0.258 e. The first-order chi connectivity index (χ1) is 17.5. The van der Waals surface area contributed by atoms with Crippen LogP contribution in [0, 0.1) is 5.92 Å². The molecular formula is C30H37N3O3. The number of ether oxygens (including phenoxy) is 1. The summed E-state index contributed by atoms with van der Waals surface area (Å²) in [6.07, 6.45) is 4.25. The third kappa shape index (κ3) is 5.98. The van der Waals surface area contributed by atoms with Crippen molar-refractivity contribution in [3.05, 3.63) is 76.1 Å². The number of hydrogen-bond acceptors (Lipinski definition) is 4. The predicted octanol–water partition coefficient (Wildman–Crippen LogP) is 4.69. The molecule has 0 spiro atoms. The Balaban J connectivity index is 1.18. The zero-order valence-corrected chi connectivity index (χ0v) is 21.4. The van der Waals surface area contributed by atoms with Crippen LogP contribution in [0.2, 0.25) is 0 Å². The fraction of sp³-hybridized carbons (Fsp3) is 0.467. The molecule has 3 aromatic rings. The van der Waals surface area contributed by atoms with E-state index in [1.54, 1.807) is 6.07 Å². The average molecular weight is 488 g/mol. The van der Waals surface area contributed by atoms with Crippen molar-refractivity contribution in [1.29, 1.82) is 0 Å². The summed E-state index contributed by atoms with van der Waals surface area (Å²) >= 11 is 0. The maximum absolute atomic E-state index is 12.9. The lowest BCUT2D eigenvalue weighted by atomic mass is 9.98. The Morgan fingerprint density at radius 2 is 1.78 bits per heavy atom. The van der Waals surface area contributed by atoms with Gasteiger partial charge in [-0.05, 0) is 60.8 Å². The predicted molar refractivity (Wildman–Crippen MR) is 143 cm³/mol. The van der Waals surface area contributed by atoms with E-state index in [9.17, 15) is 9.59 Å². The Bertz CT molecular complexity index is 1260. The van der Waals surface area contributed by atoms with Gasteiger partial charge in [0.15, 0.2) is 6.61 Å². The van der Waals surface area contributed by atoms with Crippen molar-refractivity contribution in [3.63, 3.8) is 0 Å². The molecule has 6 heteroatoms. The molecule has 1 saturated heterocycles. The van der Waals surface area contributed by atoms with Crippen molar-refractivity contribution in [1.82, 2.24) is 14.8 Å². The third-order valence-corrected chi connectivity index (χ3v) is 7.45. The average Bonchev–Trinajstić information content (AvgIpc) is 3.70. The highest BCUT2D eigenvalue weighted by molar-refractivity contribution is 5.85. The molecule has 0 radical (unpaired) electrons. The number of nitrogens with zero attached hydrogens (tertiary/aromatic N) is 2. The maximum atomic E-state index is 12.9. The minimum absolute atomic E-state index is 0.0214. The van der Waals surface area contributed by atoms with Crippen molar-refractivity contribution >= 4 is 16.8 Å². The number of hydrogen-bond donors (Lipinski definition) is 1. The van der Waals surface area contributed by atoms with Crippen molar-refractivity contribution in [2.24, 2.45) is 5.92 Å². The van der Waals surface area contributed by atoms with Crippen LogP contribution in [0.1, 0.15) is 56.6 Å². The Kier molecular flexibility index (Phi) is 7.42. The van der Waals surface area contributed by atoms with Gasteiger partial charge in [0.05, 0.1) is 5.52 Å². The second kappa shape index (κ2) is 10.9. The molecule has 0 atom stereocenters. The summed E-state index contributed by atoms with van der Waals surface area (Å²) in [5.41, 5.74) is 3.34. The molecule has 1 aliphatic heterocycles. The van der Waals surface area contributed by atoms with Crippen molar-refractivity contribution in [2.75, 3.05) is 19.7 Å². The summed E-state index contributed by atoms with van der Waals surface area (Å²) in [4.78, 5) is 28.0. The molecule has 2 heterocycles. The van der Waals surface area contributed by atoms with Gasteiger partial charge in [-0.15, -0.1) is 0 Å². The van der Waals surface area contributed by atoms with Gasteiger partial charge in [-0.25, -0.2) is 0 Å². The van der Waals surface area contributed by atoms with Crippen LogP contribution in [0.4, 0.5) is 0 Å². The number of aromatic nitrogens is 1. The highest BCUT2D eigenvalue weighted by atomic mass is 16.5. The number of fused-ring (bicyclic) bond motifs is 1. The molecule has 2 aromatic carbocycles. The molecule has 0 bridgehead atoms. The standard InChI is InChI=1S/C30H37N3O3/c1-21(2)27-17-30(35)33(19-23-8-9-23)28-16-25(10-11-26(27)28)36-20-29(34)31-24-12-14-32(15-13-24)18-22-6-4-3-5-7-22/h3-7,10-11,16-17,21,23-24H,8-9,12-15,18-20H2,1-2H3,(H,31,34). The van der Waals surface area contributed by atoms with E-state index >= 15 is 0 Å². The van der Waals surface area contributed by atoms with E-state index in [0.29, 0.717) is 11.7 Å². The third-order valence-electron chi connectivity index (χ3n) is 7.45. The van der Waals surface area contributed by atoms with Crippen molar-refractivity contribution < 1.29 is 9.53 Å². The number of likely N-dealkylation sites (tertiary alicyclic amines) is 1. The van der Waals surface area contributed by atoms with E-state index in [0.717, 1.165) is 55.5 Å². The Morgan fingerprint density at radius 1 is 1.03 bits per heavy atom. The van der Waals surface area contributed by atoms with Gasteiger partial charge in [-0.1, -0.05) is 44.2 Å². The van der Waals surface area contributed by atoms with Crippen molar-refractivity contribution in [3.8, 4) is 5.75 Å². The number of piperidine rings is 1. The largest absolute Gasteiger partial charge is 0.484 e. The van der Waals surface area contributed by atoms with E-state index in [1.807, 2.05) is 28.8 Å². The van der Waals surface area contributed by atoms with E-state index in [1.165, 1.54) is 18.4 Å². The fourth-order valence-electron chi connectivity index (χ4n) is 5.20. The van der Waals surface area contributed by atoms with Gasteiger partial charge in [0.25, 0.3) is 11.5 Å². The Hall–Kier alpha value is -3.12. The number of rotatable bonds is 9. The highest BCUT2D eigenvalue weighted by Crippen LogP contribution is 2.33. The van der Waals surface area contributed by atoms with E-state index < -0.39 is 0 Å². The molecule has 1 amide bonds. The highest BCUT2D eigenvalue weighted by Gasteiger charge is 2.24. The number of nitrogens with one attached hydrogen (secondary N) is 1. The van der Waals surface area contributed by atoms with Gasteiger partial charge < -0.3 is 14.6 Å². The summed E-state index contributed by atoms with van der Waals surface area (Å²) in [6, 6.07) is 18.4. The molecule has 1 saturated carbocycles. The summed E-state index contributed by atoms with van der Waals surface area (Å²) < 4.78 is 7.78. The minimum Gasteiger partial charge on any atom is -0.484 e. The lowest BCUT2D eigenvalue weighted by Crippen LogP contribution is -2.45. The monoisotopic (exact) mass is 487 g/mol. The Labute approximate surface area is 213 Å². The molecular weight excluding hydrogens is 450 g/mol. The van der Waals surface area contributed by atoms with Crippen LogP contribution in [-0.4, -0.2) is 41.1 Å². The minimum atomic E-state index is -0.0945. The quantitative estimate of drug-likeness (QED) is 0.476. The number of pyridine rings is 1. The van der Waals surface area contributed by atoms with Crippen LogP contribution in [0.15, 0.2) is 59.4 Å². The van der Waals surface area contributed by atoms with Gasteiger partial charge >= 0.3 is 0 Å². The van der Waals surface area contributed by atoms with E-state index in [-0.39, 0.29) is 30.0 Å². The van der Waals surface area contributed by atoms with Gasteiger partial charge in [0.1, 0.15) is 5.75 Å². The number of amides is 1. The lowest BCUT2D eigenvalue weighted by molar-refractivity contribution is -0.124. The van der Waals surface area contributed by atoms with Crippen molar-refractivity contribution in [2.45, 2.75) is 64.6 Å². The Morgan fingerprint density at radius 3 is 2.47 bits per heavy atom. The second-order valence-electron chi connectivity index (χ2n) is 10.7. The first kappa shape index (κ1) is 24.6. The van der Waals surface area contributed by atoms with Crippen LogP contribution >= 0.6 is 0 Å². The molecule has 2 fully saturated rings. The molecule has 2 aliphatic rings. The van der Waals surface area contributed by atoms with Gasteiger partial charge in [0.2, 0.25) is 0 Å². The van der Waals surface area contributed by atoms with Gasteiger partial charge in [0, 0.05) is 49.7 Å². The summed E-state index contributed by atoms with van der Waals surface area (Å²) in [6.45, 7) is 7.86. The SMILES string of the molecule is CC(C)c1cc(=O)n(CC2CC2)c2cc(OCC(=O)NC3CCN(Cc4ccccc4)CC3)ccc12. The van der Waals surface area contributed by atoms with Crippen LogP contribution < -0.4 is 15.6 Å². The zero-order valence-electron chi connectivity index (χ0n) is 21.4. The van der Waals surface area contributed by atoms with Crippen LogP contribution in [0.5, 0.6) is 5.75 Å². The first-order valence-corrected chi connectivity index (χ1v) is 13.3. The molecule has 36 heavy (non-hydrogen) atoms. The summed E-state index contributed by atoms with van der Waals surface area (Å²) in [5.74, 6) is 1.38. The second-order valence-corrected chi connectivity index (χ2v) is 10.7. The number of carbonyl (C=O) groups excluding carboxylic acids is 1. The first-order valence-electron chi connectivity index (χ1n) is 13.3. The summed E-state index contributed by atoms with van der Waals surface area (Å²) in [5, 5.41) is 4.23. The van der Waals surface area contributed by atoms with Gasteiger partial charge in [-0.3, -0.25) is 14.5 Å². The van der Waals surface area contributed by atoms with Gasteiger partial charge in [-0.2, -0.15) is 0 Å². The topological polar surface area (TPSA) is 63.6 Å². The number of benzene rings is 2. The molecule has 1 N–H and O–H groups in total. The maximum Gasteiger partial charge on any atom is 0.258 e. The van der Waals surface area contributed by atoms with E-state index in [2.05, 4.69) is 48.3 Å². The zero-order chi connectivity index (χ0) is 25.1. The molecule has 1 aromatic heterocycles. The molecule has 190 valence electrons. The number of carbonyl (C=O) groups is 1. The summed E-state index contributed by atoms with van der Waals surface area (Å²) in [7, 11) is 0. The molecule has 5 rings (SSSR count). The molecule has 1 aliphatic carbocycles. The molecule has 6 nitrogen and oxygen atoms in total. The normalized spacial score (nSPS) is 17.0.